The third-order valence-corrected chi connectivity index (χ3v) is 1.32. The van der Waals surface area contributed by atoms with Crippen molar-refractivity contribution in [2.45, 2.75) is 0 Å². The Bertz CT molecular complexity index is 229. The summed E-state index contributed by atoms with van der Waals surface area (Å²) in [6.07, 6.45) is 1.10. The van der Waals surface area contributed by atoms with Crippen LogP contribution in [0, 0.1) is 10.1 Å². The molecule has 0 aliphatic rings. The van der Waals surface area contributed by atoms with Gasteiger partial charge < -0.3 is 0 Å². The van der Waals surface area contributed by atoms with Crippen molar-refractivity contribution in [3.8, 4) is 0 Å². The Kier molecular flexibility index (Phi) is 2.97. The van der Waals surface area contributed by atoms with Crippen LogP contribution < -0.4 is 0 Å². The van der Waals surface area contributed by atoms with Crippen LogP contribution >= 0.6 is 0 Å². The topological polar surface area (TPSA) is 86.5 Å². The Balaban J connectivity index is 4.16. The van der Waals surface area contributed by atoms with E-state index in [2.05, 4.69) is 10.8 Å². The Morgan fingerprint density at radius 2 is 2.20 bits per heavy atom. The van der Waals surface area contributed by atoms with Crippen LogP contribution in [0.4, 0.5) is 0 Å². The molecule has 0 atom stereocenters. The van der Waals surface area contributed by atoms with E-state index < -0.39 is 14.6 Å². The quantitative estimate of drug-likeness (QED) is 0.326. The van der Waals surface area contributed by atoms with E-state index in [9.17, 15) is 18.5 Å². The summed E-state index contributed by atoms with van der Waals surface area (Å²) < 4.78 is 22.5. The van der Waals surface area contributed by atoms with E-state index in [1.54, 1.807) is 0 Å². The summed E-state index contributed by atoms with van der Waals surface area (Å²) in [5.74, 6) is 0. The fourth-order valence-electron chi connectivity index (χ4n) is 0.177. The SMILES string of the molecule is C=CCOS(=O)(=O)[N+](=O)[O-]. The van der Waals surface area contributed by atoms with Crippen LogP contribution in [0.5, 0.6) is 0 Å². The zero-order valence-electron chi connectivity index (χ0n) is 4.89. The van der Waals surface area contributed by atoms with Crippen molar-refractivity contribution in [1.29, 1.82) is 0 Å². The molecule has 0 saturated heterocycles. The van der Waals surface area contributed by atoms with E-state index in [4.69, 9.17) is 0 Å². The van der Waals surface area contributed by atoms with E-state index in [1.807, 2.05) is 0 Å². The van der Waals surface area contributed by atoms with Gasteiger partial charge in [-0.25, -0.2) is 14.3 Å². The van der Waals surface area contributed by atoms with Crippen molar-refractivity contribution < 1.29 is 16.9 Å². The monoisotopic (exact) mass is 167 g/mol. The summed E-state index contributed by atoms with van der Waals surface area (Å²) in [5, 5.41) is 9.59. The highest BCUT2D eigenvalue weighted by Crippen LogP contribution is 1.92. The van der Waals surface area contributed by atoms with Crippen molar-refractivity contribution in [2.24, 2.45) is 0 Å². The molecule has 7 heteroatoms. The molecule has 0 rings (SSSR count). The molecule has 58 valence electrons. The Morgan fingerprint density at radius 3 is 2.50 bits per heavy atom. The second-order valence-electron chi connectivity index (χ2n) is 1.22. The lowest BCUT2D eigenvalue weighted by molar-refractivity contribution is -0.318. The van der Waals surface area contributed by atoms with Crippen molar-refractivity contribution >= 4 is 10.3 Å². The maximum atomic E-state index is 10.1. The van der Waals surface area contributed by atoms with Gasteiger partial charge in [0.2, 0.25) is 0 Å². The largest absolute Gasteiger partial charge is 0.566 e. The minimum atomic E-state index is -4.61. The third kappa shape index (κ3) is 2.55. The predicted molar refractivity (Wildman–Crippen MR) is 32.1 cm³/mol. The molecule has 0 heterocycles. The summed E-state index contributed by atoms with van der Waals surface area (Å²) in [4.78, 5) is 9.59. The fraction of sp³-hybridized carbons (Fsp3) is 0.333. The maximum absolute atomic E-state index is 10.1. The van der Waals surface area contributed by atoms with Crippen LogP contribution in [0.25, 0.3) is 0 Å². The lowest BCUT2D eigenvalue weighted by atomic mass is 10.7. The molecule has 0 radical (unpaired) electrons. The van der Waals surface area contributed by atoms with E-state index in [1.165, 1.54) is 0 Å². The molecule has 0 unspecified atom stereocenters. The maximum Gasteiger partial charge on any atom is 0.566 e. The second-order valence-corrected chi connectivity index (χ2v) is 2.61. The van der Waals surface area contributed by atoms with Gasteiger partial charge in [0.05, 0.1) is 6.61 Å². The molecule has 0 fully saturated rings. The Morgan fingerprint density at radius 1 is 1.70 bits per heavy atom. The average molecular weight is 167 g/mol. The van der Waals surface area contributed by atoms with Gasteiger partial charge in [0.15, 0.2) is 4.33 Å². The molecule has 0 aromatic heterocycles. The Hall–Kier alpha value is -0.950. The number of hydrogen-bond donors (Lipinski definition) is 0. The molecule has 0 aliphatic carbocycles. The highest BCUT2D eigenvalue weighted by atomic mass is 32.2. The van der Waals surface area contributed by atoms with Gasteiger partial charge in [0.25, 0.3) is 0 Å². The fourth-order valence-corrected chi connectivity index (χ4v) is 0.531. The molecule has 0 saturated carbocycles. The Labute approximate surface area is 57.5 Å². The lowest BCUT2D eigenvalue weighted by Crippen LogP contribution is -2.15. The summed E-state index contributed by atoms with van der Waals surface area (Å²) in [6.45, 7) is 2.73. The lowest BCUT2D eigenvalue weighted by Gasteiger charge is -1.90. The number of hydrogen-bond acceptors (Lipinski definition) is 5. The van der Waals surface area contributed by atoms with Gasteiger partial charge in [-0.1, -0.05) is 6.08 Å². The highest BCUT2D eigenvalue weighted by Gasteiger charge is 2.23. The van der Waals surface area contributed by atoms with Gasteiger partial charge in [-0.15, -0.1) is 15.0 Å². The summed E-state index contributed by atoms with van der Waals surface area (Å²) in [6, 6.07) is 0. The van der Waals surface area contributed by atoms with Crippen molar-refractivity contribution in [1.82, 2.24) is 0 Å². The van der Waals surface area contributed by atoms with Crippen LogP contribution in [0.1, 0.15) is 0 Å². The number of nitrogens with zero attached hydrogens (tertiary/aromatic N) is 1. The van der Waals surface area contributed by atoms with E-state index >= 15 is 0 Å². The van der Waals surface area contributed by atoms with Crippen molar-refractivity contribution in [3.05, 3.63) is 22.8 Å². The molecule has 0 bridgehead atoms. The standard InChI is InChI=1S/C3H5NO5S/c1-2-3-9-10(7,8)4(5)6/h2H,1,3H2. The predicted octanol–water partition coefficient (Wildman–Crippen LogP) is -0.289. The van der Waals surface area contributed by atoms with Gasteiger partial charge in [-0.2, -0.15) is 0 Å². The van der Waals surface area contributed by atoms with Gasteiger partial charge in [-0.3, -0.25) is 0 Å². The van der Waals surface area contributed by atoms with Crippen LogP contribution in [0.2, 0.25) is 0 Å². The van der Waals surface area contributed by atoms with Gasteiger partial charge in [0.1, 0.15) is 0 Å². The van der Waals surface area contributed by atoms with Gasteiger partial charge in [-0.05, 0) is 0 Å². The molecule has 10 heavy (non-hydrogen) atoms. The van der Waals surface area contributed by atoms with Crippen LogP contribution in [0.3, 0.4) is 0 Å². The zero-order chi connectivity index (χ0) is 8.20. The first-order chi connectivity index (χ1) is 4.50. The summed E-state index contributed by atoms with van der Waals surface area (Å²) in [5.41, 5.74) is 0. The van der Waals surface area contributed by atoms with E-state index in [-0.39, 0.29) is 6.61 Å². The van der Waals surface area contributed by atoms with Gasteiger partial charge >= 0.3 is 10.3 Å². The second kappa shape index (κ2) is 3.28. The van der Waals surface area contributed by atoms with E-state index in [0.29, 0.717) is 0 Å². The molecule has 0 aromatic rings. The average Bonchev–Trinajstić information content (AvgIpc) is 1.84. The summed E-state index contributed by atoms with van der Waals surface area (Å²) >= 11 is 0. The molecule has 0 amide bonds. The minimum absolute atomic E-state index is 0.386. The molecule has 0 aliphatic heterocycles. The molecule has 0 aromatic carbocycles. The van der Waals surface area contributed by atoms with Crippen molar-refractivity contribution in [2.75, 3.05) is 6.61 Å². The third-order valence-electron chi connectivity index (χ3n) is 0.517. The van der Waals surface area contributed by atoms with Crippen molar-refractivity contribution in [3.63, 3.8) is 0 Å². The van der Waals surface area contributed by atoms with Crippen LogP contribution in [-0.2, 0) is 14.5 Å². The molecule has 0 spiro atoms. The smallest absolute Gasteiger partial charge is 0.245 e. The van der Waals surface area contributed by atoms with Crippen LogP contribution in [-0.4, -0.2) is 19.4 Å². The molecule has 6 nitrogen and oxygen atoms in total. The molecular weight excluding hydrogens is 162 g/mol. The molecule has 0 N–H and O–H groups in total. The van der Waals surface area contributed by atoms with Crippen LogP contribution in [0.15, 0.2) is 12.7 Å². The minimum Gasteiger partial charge on any atom is -0.245 e. The van der Waals surface area contributed by atoms with Gasteiger partial charge in [0, 0.05) is 0 Å². The first-order valence-corrected chi connectivity index (χ1v) is 3.52. The molecular formula is C3H5NO5S. The number of rotatable bonds is 4. The zero-order valence-corrected chi connectivity index (χ0v) is 5.70. The normalized spacial score (nSPS) is 10.8. The first kappa shape index (κ1) is 9.05. The highest BCUT2D eigenvalue weighted by molar-refractivity contribution is 7.80. The first-order valence-electron chi connectivity index (χ1n) is 2.15. The van der Waals surface area contributed by atoms with E-state index in [0.717, 1.165) is 6.08 Å². The summed E-state index contributed by atoms with van der Waals surface area (Å²) in [7, 11) is -4.61. The number of nitro groups is 1.